The average Bonchev–Trinajstić information content (AvgIpc) is 2.98. The van der Waals surface area contributed by atoms with Crippen LogP contribution in [-0.2, 0) is 9.53 Å². The van der Waals surface area contributed by atoms with Crippen LogP contribution in [0.3, 0.4) is 0 Å². The molecule has 4 nitrogen and oxygen atoms in total. The van der Waals surface area contributed by atoms with Gasteiger partial charge >= 0.3 is 5.97 Å². The van der Waals surface area contributed by atoms with E-state index in [1.807, 2.05) is 17.5 Å². The van der Waals surface area contributed by atoms with E-state index in [9.17, 15) is 9.59 Å². The van der Waals surface area contributed by atoms with Crippen molar-refractivity contribution in [3.05, 3.63) is 58.3 Å². The second kappa shape index (κ2) is 6.68. The van der Waals surface area contributed by atoms with Crippen molar-refractivity contribution in [3.63, 3.8) is 0 Å². The van der Waals surface area contributed by atoms with Crippen LogP contribution in [-0.4, -0.2) is 19.0 Å². The molecule has 1 N–H and O–H groups in total. The quantitative estimate of drug-likeness (QED) is 0.694. The van der Waals surface area contributed by atoms with Gasteiger partial charge in [0.25, 0.3) is 0 Å². The number of benzene rings is 1. The van der Waals surface area contributed by atoms with Crippen molar-refractivity contribution in [2.45, 2.75) is 0 Å². The maximum absolute atomic E-state index is 11.7. The number of carbonyl (C=O) groups excluding carboxylic acids is 2. The molecule has 0 aliphatic carbocycles. The van der Waals surface area contributed by atoms with Crippen LogP contribution in [0.4, 0.5) is 5.69 Å². The van der Waals surface area contributed by atoms with Gasteiger partial charge in [-0.1, -0.05) is 6.07 Å². The molecule has 5 heteroatoms. The number of hydrogen-bond acceptors (Lipinski definition) is 4. The molecule has 1 heterocycles. The Morgan fingerprint density at radius 3 is 2.55 bits per heavy atom. The Balaban J connectivity index is 1.96. The van der Waals surface area contributed by atoms with Gasteiger partial charge in [0, 0.05) is 16.6 Å². The van der Waals surface area contributed by atoms with Gasteiger partial charge in [-0.25, -0.2) is 4.79 Å². The molecule has 0 aliphatic rings. The minimum absolute atomic E-state index is 0.218. The first-order valence-corrected chi connectivity index (χ1v) is 6.78. The van der Waals surface area contributed by atoms with Gasteiger partial charge in [-0.2, -0.15) is 0 Å². The largest absolute Gasteiger partial charge is 0.465 e. The number of methoxy groups -OCH3 is 1. The first-order chi connectivity index (χ1) is 9.69. The Morgan fingerprint density at radius 2 is 1.95 bits per heavy atom. The minimum atomic E-state index is -0.402. The summed E-state index contributed by atoms with van der Waals surface area (Å²) in [5.74, 6) is -0.621. The van der Waals surface area contributed by atoms with Gasteiger partial charge < -0.3 is 10.1 Å². The standard InChI is InChI=1S/C15H13NO3S/c1-19-15(18)11-4-6-12(7-5-11)16-14(17)9-8-13-3-2-10-20-13/h2-10H,1H3,(H,16,17). The molecule has 0 aliphatic heterocycles. The molecule has 0 radical (unpaired) electrons. The van der Waals surface area contributed by atoms with Crippen LogP contribution in [0.2, 0.25) is 0 Å². The van der Waals surface area contributed by atoms with Crippen molar-refractivity contribution in [1.82, 2.24) is 0 Å². The number of rotatable bonds is 4. The van der Waals surface area contributed by atoms with Crippen LogP contribution in [0.15, 0.2) is 47.9 Å². The van der Waals surface area contributed by atoms with Gasteiger partial charge in [0.1, 0.15) is 0 Å². The van der Waals surface area contributed by atoms with E-state index in [0.29, 0.717) is 11.3 Å². The highest BCUT2D eigenvalue weighted by atomic mass is 32.1. The molecule has 2 rings (SSSR count). The van der Waals surface area contributed by atoms with E-state index in [4.69, 9.17) is 0 Å². The molecule has 1 amide bonds. The molecule has 2 aromatic rings. The highest BCUT2D eigenvalue weighted by Crippen LogP contribution is 2.12. The summed E-state index contributed by atoms with van der Waals surface area (Å²) in [6.45, 7) is 0. The first-order valence-electron chi connectivity index (χ1n) is 5.90. The van der Waals surface area contributed by atoms with Crippen molar-refractivity contribution in [2.75, 3.05) is 12.4 Å². The number of amides is 1. The van der Waals surface area contributed by atoms with E-state index in [0.717, 1.165) is 4.88 Å². The Labute approximate surface area is 120 Å². The third kappa shape index (κ3) is 3.80. The molecule has 20 heavy (non-hydrogen) atoms. The lowest BCUT2D eigenvalue weighted by Gasteiger charge is -2.03. The lowest BCUT2D eigenvalue weighted by atomic mass is 10.2. The summed E-state index contributed by atoms with van der Waals surface area (Å²) < 4.78 is 4.60. The van der Waals surface area contributed by atoms with Gasteiger partial charge in [-0.05, 0) is 41.8 Å². The van der Waals surface area contributed by atoms with Crippen LogP contribution in [0.1, 0.15) is 15.2 Å². The van der Waals surface area contributed by atoms with Crippen molar-refractivity contribution in [1.29, 1.82) is 0 Å². The lowest BCUT2D eigenvalue weighted by molar-refractivity contribution is -0.111. The van der Waals surface area contributed by atoms with E-state index in [2.05, 4.69) is 10.1 Å². The number of esters is 1. The number of hydrogen-bond donors (Lipinski definition) is 1. The van der Waals surface area contributed by atoms with Gasteiger partial charge in [0.05, 0.1) is 12.7 Å². The van der Waals surface area contributed by atoms with E-state index in [1.54, 1.807) is 41.7 Å². The van der Waals surface area contributed by atoms with Gasteiger partial charge in [-0.15, -0.1) is 11.3 Å². The van der Waals surface area contributed by atoms with Crippen LogP contribution in [0.5, 0.6) is 0 Å². The molecule has 0 saturated heterocycles. The highest BCUT2D eigenvalue weighted by Gasteiger charge is 2.05. The zero-order valence-corrected chi connectivity index (χ0v) is 11.6. The fraction of sp³-hybridized carbons (Fsp3) is 0.0667. The third-order valence-corrected chi connectivity index (χ3v) is 3.35. The SMILES string of the molecule is COC(=O)c1ccc(NC(=O)C=Cc2cccs2)cc1. The zero-order valence-electron chi connectivity index (χ0n) is 10.8. The Hall–Kier alpha value is -2.40. The Morgan fingerprint density at radius 1 is 1.20 bits per heavy atom. The van der Waals surface area contributed by atoms with Crippen molar-refractivity contribution < 1.29 is 14.3 Å². The summed E-state index contributed by atoms with van der Waals surface area (Å²) in [6.07, 6.45) is 3.23. The normalized spacial score (nSPS) is 10.4. The fourth-order valence-corrected chi connectivity index (χ4v) is 2.15. The van der Waals surface area contributed by atoms with Crippen LogP contribution in [0.25, 0.3) is 6.08 Å². The molecule has 0 atom stereocenters. The van der Waals surface area contributed by atoms with Gasteiger partial charge in [0.2, 0.25) is 5.91 Å². The topological polar surface area (TPSA) is 55.4 Å². The Kier molecular flexibility index (Phi) is 4.68. The molecule has 1 aromatic heterocycles. The second-order valence-corrected chi connectivity index (χ2v) is 4.89. The number of thiophene rings is 1. The van der Waals surface area contributed by atoms with Crippen molar-refractivity contribution >= 4 is 35.0 Å². The molecular weight excluding hydrogens is 274 g/mol. The lowest BCUT2D eigenvalue weighted by Crippen LogP contribution is -2.08. The molecule has 102 valence electrons. The fourth-order valence-electron chi connectivity index (χ4n) is 1.54. The highest BCUT2D eigenvalue weighted by molar-refractivity contribution is 7.10. The van der Waals surface area contributed by atoms with Gasteiger partial charge in [-0.3, -0.25) is 4.79 Å². The molecule has 0 saturated carbocycles. The van der Waals surface area contributed by atoms with Crippen LogP contribution in [0, 0.1) is 0 Å². The van der Waals surface area contributed by atoms with Crippen molar-refractivity contribution in [3.8, 4) is 0 Å². The predicted octanol–water partition coefficient (Wildman–Crippen LogP) is 3.19. The van der Waals surface area contributed by atoms with E-state index in [-0.39, 0.29) is 5.91 Å². The average molecular weight is 287 g/mol. The molecule has 0 bridgehead atoms. The van der Waals surface area contributed by atoms with Gasteiger partial charge in [0.15, 0.2) is 0 Å². The smallest absolute Gasteiger partial charge is 0.337 e. The monoisotopic (exact) mass is 287 g/mol. The molecular formula is C15H13NO3S. The summed E-state index contributed by atoms with van der Waals surface area (Å²) in [5.41, 5.74) is 1.07. The molecule has 0 unspecified atom stereocenters. The number of ether oxygens (including phenoxy) is 1. The minimum Gasteiger partial charge on any atom is -0.465 e. The van der Waals surface area contributed by atoms with Crippen LogP contribution >= 0.6 is 11.3 Å². The number of anilines is 1. The van der Waals surface area contributed by atoms with E-state index < -0.39 is 5.97 Å². The molecule has 1 aromatic carbocycles. The summed E-state index contributed by atoms with van der Waals surface area (Å²) in [5, 5.41) is 4.66. The first kappa shape index (κ1) is 14.0. The summed E-state index contributed by atoms with van der Waals surface area (Å²) in [4.78, 5) is 24.0. The van der Waals surface area contributed by atoms with Crippen LogP contribution < -0.4 is 5.32 Å². The second-order valence-electron chi connectivity index (χ2n) is 3.91. The van der Waals surface area contributed by atoms with E-state index in [1.165, 1.54) is 13.2 Å². The van der Waals surface area contributed by atoms with Crippen molar-refractivity contribution in [2.24, 2.45) is 0 Å². The summed E-state index contributed by atoms with van der Waals surface area (Å²) >= 11 is 1.56. The molecule has 0 fully saturated rings. The summed E-state index contributed by atoms with van der Waals surface area (Å²) in [6, 6.07) is 10.4. The summed E-state index contributed by atoms with van der Waals surface area (Å²) in [7, 11) is 1.33. The predicted molar refractivity (Wildman–Crippen MR) is 79.8 cm³/mol. The maximum atomic E-state index is 11.7. The molecule has 0 spiro atoms. The third-order valence-electron chi connectivity index (χ3n) is 2.52. The number of carbonyl (C=O) groups is 2. The maximum Gasteiger partial charge on any atom is 0.337 e. The Bertz CT molecular complexity index is 615. The zero-order chi connectivity index (χ0) is 14.4. The van der Waals surface area contributed by atoms with E-state index >= 15 is 0 Å². The number of nitrogens with one attached hydrogen (secondary N) is 1.